The van der Waals surface area contributed by atoms with Crippen LogP contribution < -0.4 is 34.9 Å². The fourth-order valence-electron chi connectivity index (χ4n) is 6.49. The SMILES string of the molecule is C=C(C)C(=O)Oc1cccc(Cc2nc(Cc3cccc(Cc4nc(Nc5cccc(OC(=O)C(=C)C)c5)nc(Nc5cccc(OC(=O)C(=C)C)c5)n4)c3)nc(Nc3cccc(OC(=O)C(=C)C)c3)n2)c1. The second-order valence-corrected chi connectivity index (χ2v) is 16.5. The summed E-state index contributed by atoms with van der Waals surface area (Å²) >= 11 is 0. The highest BCUT2D eigenvalue weighted by Crippen LogP contribution is 2.26. The molecule has 2 aromatic heterocycles. The number of nitrogens with one attached hydrogen (secondary N) is 3. The average molecular weight is 964 g/mol. The van der Waals surface area contributed by atoms with Crippen LogP contribution in [0.5, 0.6) is 23.0 Å². The quantitative estimate of drug-likeness (QED) is 0.0368. The number of aromatic nitrogens is 6. The van der Waals surface area contributed by atoms with Crippen LogP contribution in [0.25, 0.3) is 0 Å². The fourth-order valence-corrected chi connectivity index (χ4v) is 6.49. The lowest BCUT2D eigenvalue weighted by Crippen LogP contribution is -2.10. The smallest absolute Gasteiger partial charge is 0.338 e. The number of esters is 4. The summed E-state index contributed by atoms with van der Waals surface area (Å²) < 4.78 is 21.8. The summed E-state index contributed by atoms with van der Waals surface area (Å²) in [6.45, 7) is 20.9. The van der Waals surface area contributed by atoms with Gasteiger partial charge in [-0.15, -0.1) is 0 Å². The van der Waals surface area contributed by atoms with Gasteiger partial charge in [0.2, 0.25) is 17.8 Å². The van der Waals surface area contributed by atoms with Crippen molar-refractivity contribution in [3.8, 4) is 23.0 Å². The van der Waals surface area contributed by atoms with Crippen molar-refractivity contribution < 1.29 is 38.1 Å². The van der Waals surface area contributed by atoms with Crippen LogP contribution in [-0.2, 0) is 38.4 Å². The van der Waals surface area contributed by atoms with Gasteiger partial charge in [0.05, 0.1) is 0 Å². The zero-order chi connectivity index (χ0) is 51.3. The maximum absolute atomic E-state index is 12.3. The Morgan fingerprint density at radius 1 is 0.375 bits per heavy atom. The zero-order valence-corrected chi connectivity index (χ0v) is 39.9. The molecule has 0 aliphatic carbocycles. The Morgan fingerprint density at radius 3 is 1.00 bits per heavy atom. The minimum absolute atomic E-state index is 0.184. The van der Waals surface area contributed by atoms with Gasteiger partial charge in [0.1, 0.15) is 40.5 Å². The number of hydrogen-bond acceptors (Lipinski definition) is 17. The van der Waals surface area contributed by atoms with Gasteiger partial charge in [-0.2, -0.15) is 24.9 Å². The first-order valence-corrected chi connectivity index (χ1v) is 22.3. The third-order valence-electron chi connectivity index (χ3n) is 9.89. The number of anilines is 6. The summed E-state index contributed by atoms with van der Waals surface area (Å²) in [4.78, 5) is 77.7. The van der Waals surface area contributed by atoms with E-state index in [1.807, 2.05) is 30.3 Å². The van der Waals surface area contributed by atoms with Crippen LogP contribution in [0.3, 0.4) is 0 Å². The molecule has 7 aromatic rings. The van der Waals surface area contributed by atoms with E-state index in [2.05, 4.69) is 47.3 Å². The third-order valence-corrected chi connectivity index (χ3v) is 9.89. The molecule has 0 spiro atoms. The zero-order valence-electron chi connectivity index (χ0n) is 39.9. The average Bonchev–Trinajstić information content (AvgIpc) is 3.32. The van der Waals surface area contributed by atoms with Gasteiger partial charge in [-0.25, -0.2) is 24.2 Å². The molecule has 0 saturated carbocycles. The largest absolute Gasteiger partial charge is 0.423 e. The molecule has 0 aliphatic heterocycles. The predicted molar refractivity (Wildman–Crippen MR) is 272 cm³/mol. The van der Waals surface area contributed by atoms with Crippen molar-refractivity contribution in [1.29, 1.82) is 0 Å². The Hall–Kier alpha value is -9.64. The highest BCUT2D eigenvalue weighted by Gasteiger charge is 2.16. The summed E-state index contributed by atoms with van der Waals surface area (Å²) in [6.07, 6.45) is 0.818. The maximum atomic E-state index is 12.3. The molecule has 0 fully saturated rings. The minimum Gasteiger partial charge on any atom is -0.423 e. The molecular weight excluding hydrogens is 915 g/mol. The second kappa shape index (κ2) is 23.1. The van der Waals surface area contributed by atoms with Gasteiger partial charge in [0.15, 0.2) is 0 Å². The van der Waals surface area contributed by atoms with Crippen LogP contribution in [0.15, 0.2) is 170 Å². The maximum Gasteiger partial charge on any atom is 0.338 e. The number of nitrogens with zero attached hydrogens (tertiary/aromatic N) is 6. The summed E-state index contributed by atoms with van der Waals surface area (Å²) in [7, 11) is 0. The first kappa shape index (κ1) is 50.2. The van der Waals surface area contributed by atoms with Gasteiger partial charge in [-0.3, -0.25) is 0 Å². The minimum atomic E-state index is -0.565. The normalized spacial score (nSPS) is 10.6. The van der Waals surface area contributed by atoms with Crippen LogP contribution in [0, 0.1) is 0 Å². The molecule has 72 heavy (non-hydrogen) atoms. The lowest BCUT2D eigenvalue weighted by molar-refractivity contribution is -0.130. The van der Waals surface area contributed by atoms with Crippen molar-refractivity contribution in [2.24, 2.45) is 0 Å². The molecule has 0 aliphatic rings. The number of ether oxygens (including phenoxy) is 4. The van der Waals surface area contributed by atoms with Gasteiger partial charge < -0.3 is 34.9 Å². The molecule has 5 aromatic carbocycles. The Morgan fingerprint density at radius 2 is 0.653 bits per heavy atom. The lowest BCUT2D eigenvalue weighted by Gasteiger charge is -2.13. The molecule has 2 heterocycles. The van der Waals surface area contributed by atoms with Crippen molar-refractivity contribution in [3.05, 3.63) is 204 Å². The van der Waals surface area contributed by atoms with Gasteiger partial charge in [-0.05, 0) is 92.9 Å². The highest BCUT2D eigenvalue weighted by atomic mass is 16.5. The number of carbonyl (C=O) groups excluding carboxylic acids is 4. The van der Waals surface area contributed by atoms with Crippen LogP contribution in [-0.4, -0.2) is 53.8 Å². The van der Waals surface area contributed by atoms with Gasteiger partial charge in [-0.1, -0.05) is 80.9 Å². The van der Waals surface area contributed by atoms with Gasteiger partial charge in [0.25, 0.3) is 0 Å². The second-order valence-electron chi connectivity index (χ2n) is 16.5. The van der Waals surface area contributed by atoms with E-state index in [0.717, 1.165) is 16.7 Å². The molecule has 0 radical (unpaired) electrons. The summed E-state index contributed by atoms with van der Waals surface area (Å²) in [6, 6.07) is 35.2. The Kier molecular flexibility index (Phi) is 16.1. The number of carbonyl (C=O) groups is 4. The molecule has 17 heteroatoms. The Bertz CT molecular complexity index is 2880. The Labute approximate surface area is 415 Å². The molecular formula is C55H49N9O8. The third kappa shape index (κ3) is 14.7. The van der Waals surface area contributed by atoms with Crippen molar-refractivity contribution >= 4 is 58.8 Å². The van der Waals surface area contributed by atoms with Crippen LogP contribution >= 0.6 is 0 Å². The first-order chi connectivity index (χ1) is 34.5. The standard InChI is InChI=1S/C55H49N9O8/c1-32(2)49(65)69-42-20-10-16-38(25-42)28-47-59-46(60-53(61-47)56-39-17-11-21-43(29-39)70-50(66)33(3)4)26-36-14-9-15-37(24-36)27-48-62-54(57-40-18-12-22-44(30-40)71-51(67)34(5)6)64-55(63-48)58-41-19-13-23-45(31-41)72-52(68)35(7)8/h9-25,29-31H,1,3,5,7,26-28H2,2,4,6,8H3,(H,56,59,60,61)(H2,57,58,62,63,64). The van der Waals surface area contributed by atoms with E-state index in [4.69, 9.17) is 43.9 Å². The van der Waals surface area contributed by atoms with E-state index < -0.39 is 23.9 Å². The highest BCUT2D eigenvalue weighted by molar-refractivity contribution is 5.90. The molecule has 3 N–H and O–H groups in total. The van der Waals surface area contributed by atoms with Crippen LogP contribution in [0.4, 0.5) is 34.9 Å². The van der Waals surface area contributed by atoms with Crippen LogP contribution in [0.1, 0.15) is 61.9 Å². The molecule has 0 saturated heterocycles. The van der Waals surface area contributed by atoms with Crippen molar-refractivity contribution in [3.63, 3.8) is 0 Å². The number of benzene rings is 5. The van der Waals surface area contributed by atoms with E-state index in [9.17, 15) is 19.2 Å². The molecule has 17 nitrogen and oxygen atoms in total. The molecule has 0 amide bonds. The molecule has 0 unspecified atom stereocenters. The molecule has 7 rings (SSSR count). The van der Waals surface area contributed by atoms with Gasteiger partial charge >= 0.3 is 23.9 Å². The lowest BCUT2D eigenvalue weighted by atomic mass is 10.1. The van der Waals surface area contributed by atoms with Crippen molar-refractivity contribution in [1.82, 2.24) is 29.9 Å². The Balaban J connectivity index is 1.18. The van der Waals surface area contributed by atoms with Crippen molar-refractivity contribution in [2.75, 3.05) is 16.0 Å². The molecule has 362 valence electrons. The summed E-state index contributed by atoms with van der Waals surface area (Å²) in [5.74, 6) is 0.872. The summed E-state index contributed by atoms with van der Waals surface area (Å²) in [5.41, 5.74) is 5.14. The topological polar surface area (TPSA) is 219 Å². The molecule has 0 atom stereocenters. The number of hydrogen-bond donors (Lipinski definition) is 3. The van der Waals surface area contributed by atoms with E-state index in [0.29, 0.717) is 64.0 Å². The first-order valence-electron chi connectivity index (χ1n) is 22.3. The van der Waals surface area contributed by atoms with E-state index in [1.54, 1.807) is 119 Å². The van der Waals surface area contributed by atoms with E-state index in [-0.39, 0.29) is 53.0 Å². The fraction of sp³-hybridized carbons (Fsp3) is 0.127. The van der Waals surface area contributed by atoms with Crippen LogP contribution in [0.2, 0.25) is 0 Å². The van der Waals surface area contributed by atoms with Gasteiger partial charge in [0, 0.05) is 76.8 Å². The van der Waals surface area contributed by atoms with E-state index in [1.165, 1.54) is 0 Å². The predicted octanol–water partition coefficient (Wildman–Crippen LogP) is 9.99. The van der Waals surface area contributed by atoms with E-state index >= 15 is 0 Å². The summed E-state index contributed by atoms with van der Waals surface area (Å²) in [5, 5.41) is 9.62. The monoisotopic (exact) mass is 963 g/mol. The van der Waals surface area contributed by atoms with Crippen molar-refractivity contribution in [2.45, 2.75) is 47.0 Å². The molecule has 0 bridgehead atoms. The number of rotatable bonds is 20.